The molecule has 17 heavy (non-hydrogen) atoms. The minimum Gasteiger partial charge on any atom is -0.315 e. The van der Waals surface area contributed by atoms with Crippen molar-refractivity contribution >= 4 is 0 Å². The Morgan fingerprint density at radius 1 is 1.24 bits per heavy atom. The van der Waals surface area contributed by atoms with Gasteiger partial charge in [-0.2, -0.15) is 0 Å². The van der Waals surface area contributed by atoms with Gasteiger partial charge < -0.3 is 10.2 Å². The lowest BCUT2D eigenvalue weighted by molar-refractivity contribution is 0.139. The fourth-order valence-electron chi connectivity index (χ4n) is 2.60. The van der Waals surface area contributed by atoms with Crippen LogP contribution in [0.2, 0.25) is 0 Å². The van der Waals surface area contributed by atoms with Gasteiger partial charge in [-0.15, -0.1) is 0 Å². The molecule has 0 aromatic rings. The van der Waals surface area contributed by atoms with Crippen LogP contribution in [-0.4, -0.2) is 36.6 Å². The van der Waals surface area contributed by atoms with Crippen LogP contribution in [0.4, 0.5) is 0 Å². The molecule has 0 heterocycles. The van der Waals surface area contributed by atoms with Gasteiger partial charge >= 0.3 is 0 Å². The summed E-state index contributed by atoms with van der Waals surface area (Å²) < 4.78 is 0. The van der Waals surface area contributed by atoms with Crippen LogP contribution in [0.25, 0.3) is 0 Å². The van der Waals surface area contributed by atoms with E-state index in [0.29, 0.717) is 6.04 Å². The maximum atomic E-state index is 3.50. The molecule has 1 aliphatic carbocycles. The summed E-state index contributed by atoms with van der Waals surface area (Å²) in [5.74, 6) is 1.01. The first-order chi connectivity index (χ1) is 8.13. The van der Waals surface area contributed by atoms with Crippen molar-refractivity contribution < 1.29 is 0 Å². The molecule has 0 saturated heterocycles. The molecule has 1 fully saturated rings. The van der Waals surface area contributed by atoms with Crippen LogP contribution in [0.5, 0.6) is 0 Å². The lowest BCUT2D eigenvalue weighted by Crippen LogP contribution is -2.39. The molecule has 1 atom stereocenters. The zero-order valence-corrected chi connectivity index (χ0v) is 12.3. The Hall–Kier alpha value is -0.0800. The van der Waals surface area contributed by atoms with Gasteiger partial charge in [-0.25, -0.2) is 0 Å². The predicted octanol–water partition coefficient (Wildman–Crippen LogP) is 3.28. The van der Waals surface area contributed by atoms with Crippen molar-refractivity contribution in [1.82, 2.24) is 10.2 Å². The average molecular weight is 240 g/mol. The Balaban J connectivity index is 2.11. The first kappa shape index (κ1) is 15.0. The summed E-state index contributed by atoms with van der Waals surface area (Å²) in [5.41, 5.74) is 0. The Kier molecular flexibility index (Phi) is 7.14. The molecule has 1 rings (SSSR count). The number of nitrogens with zero attached hydrogens (tertiary/aromatic N) is 1. The van der Waals surface area contributed by atoms with E-state index in [1.807, 2.05) is 0 Å². The minimum absolute atomic E-state index is 0.627. The van der Waals surface area contributed by atoms with Crippen molar-refractivity contribution in [1.29, 1.82) is 0 Å². The summed E-state index contributed by atoms with van der Waals surface area (Å²) >= 11 is 0. The molecule has 1 N–H and O–H groups in total. The monoisotopic (exact) mass is 240 g/mol. The molecule has 1 saturated carbocycles. The first-order valence-corrected chi connectivity index (χ1v) is 7.61. The molecule has 0 aliphatic heterocycles. The van der Waals surface area contributed by atoms with Gasteiger partial charge in [0.05, 0.1) is 0 Å². The molecule has 1 unspecified atom stereocenters. The van der Waals surface area contributed by atoms with Crippen LogP contribution < -0.4 is 5.32 Å². The Bertz CT molecular complexity index is 187. The zero-order chi connectivity index (χ0) is 12.7. The van der Waals surface area contributed by atoms with Crippen molar-refractivity contribution in [3.63, 3.8) is 0 Å². The van der Waals surface area contributed by atoms with Gasteiger partial charge in [0.15, 0.2) is 0 Å². The molecule has 1 aliphatic rings. The van der Waals surface area contributed by atoms with Crippen LogP contribution in [0.1, 0.15) is 59.8 Å². The standard InChI is InChI=1S/C15H32N2/c1-5-17(12-15-9-6-10-15)14(4)8-7-11-16-13(2)3/h13-16H,5-12H2,1-4H3. The summed E-state index contributed by atoms with van der Waals surface area (Å²) in [6, 6.07) is 1.39. The van der Waals surface area contributed by atoms with E-state index in [9.17, 15) is 0 Å². The normalized spacial score (nSPS) is 18.7. The molecule has 0 spiro atoms. The second-order valence-electron chi connectivity index (χ2n) is 5.98. The van der Waals surface area contributed by atoms with Crippen LogP contribution in [0.15, 0.2) is 0 Å². The van der Waals surface area contributed by atoms with E-state index in [1.165, 1.54) is 51.7 Å². The maximum absolute atomic E-state index is 3.50. The maximum Gasteiger partial charge on any atom is 0.00674 e. The highest BCUT2D eigenvalue weighted by Gasteiger charge is 2.22. The van der Waals surface area contributed by atoms with E-state index in [2.05, 4.69) is 37.9 Å². The van der Waals surface area contributed by atoms with Crippen molar-refractivity contribution in [2.45, 2.75) is 71.9 Å². The van der Waals surface area contributed by atoms with Crippen molar-refractivity contribution in [3.05, 3.63) is 0 Å². The van der Waals surface area contributed by atoms with E-state index in [1.54, 1.807) is 0 Å². The Morgan fingerprint density at radius 3 is 2.41 bits per heavy atom. The lowest BCUT2D eigenvalue weighted by atomic mass is 9.85. The fourth-order valence-corrected chi connectivity index (χ4v) is 2.60. The third kappa shape index (κ3) is 5.87. The van der Waals surface area contributed by atoms with Gasteiger partial charge in [-0.1, -0.05) is 27.2 Å². The van der Waals surface area contributed by atoms with Crippen molar-refractivity contribution in [2.24, 2.45) is 5.92 Å². The summed E-state index contributed by atoms with van der Waals surface area (Å²) in [6.45, 7) is 12.9. The zero-order valence-electron chi connectivity index (χ0n) is 12.3. The van der Waals surface area contributed by atoms with Gasteiger partial charge in [-0.3, -0.25) is 0 Å². The third-order valence-corrected chi connectivity index (χ3v) is 4.10. The van der Waals surface area contributed by atoms with E-state index >= 15 is 0 Å². The Labute approximate surface area is 108 Å². The highest BCUT2D eigenvalue weighted by Crippen LogP contribution is 2.27. The van der Waals surface area contributed by atoms with Crippen LogP contribution in [-0.2, 0) is 0 Å². The van der Waals surface area contributed by atoms with E-state index < -0.39 is 0 Å². The molecule has 2 nitrogen and oxygen atoms in total. The van der Waals surface area contributed by atoms with Crippen LogP contribution in [0.3, 0.4) is 0 Å². The minimum atomic E-state index is 0.627. The molecule has 0 aromatic heterocycles. The van der Waals surface area contributed by atoms with Gasteiger partial charge in [0.25, 0.3) is 0 Å². The van der Waals surface area contributed by atoms with Gasteiger partial charge in [0, 0.05) is 18.6 Å². The third-order valence-electron chi connectivity index (χ3n) is 4.10. The van der Waals surface area contributed by atoms with E-state index in [0.717, 1.165) is 12.0 Å². The van der Waals surface area contributed by atoms with E-state index in [4.69, 9.17) is 0 Å². The van der Waals surface area contributed by atoms with Gasteiger partial charge in [0.2, 0.25) is 0 Å². The SMILES string of the molecule is CCN(CC1CCC1)C(C)CCCNC(C)C. The fraction of sp³-hybridized carbons (Fsp3) is 1.00. The second-order valence-corrected chi connectivity index (χ2v) is 5.98. The van der Waals surface area contributed by atoms with Crippen molar-refractivity contribution in [2.75, 3.05) is 19.6 Å². The quantitative estimate of drug-likeness (QED) is 0.622. The number of rotatable bonds is 9. The first-order valence-electron chi connectivity index (χ1n) is 7.61. The predicted molar refractivity (Wildman–Crippen MR) is 76.4 cm³/mol. The second kappa shape index (κ2) is 8.10. The summed E-state index contributed by atoms with van der Waals surface area (Å²) in [7, 11) is 0. The molecule has 102 valence electrons. The topological polar surface area (TPSA) is 15.3 Å². The molecule has 0 amide bonds. The van der Waals surface area contributed by atoms with E-state index in [-0.39, 0.29) is 0 Å². The number of hydrogen-bond acceptors (Lipinski definition) is 2. The number of hydrogen-bond donors (Lipinski definition) is 1. The molecule has 2 heteroatoms. The van der Waals surface area contributed by atoms with Gasteiger partial charge in [-0.05, 0) is 51.6 Å². The molecular formula is C15H32N2. The number of nitrogens with one attached hydrogen (secondary N) is 1. The Morgan fingerprint density at radius 2 is 1.94 bits per heavy atom. The van der Waals surface area contributed by atoms with Crippen LogP contribution in [0, 0.1) is 5.92 Å². The lowest BCUT2D eigenvalue weighted by Gasteiger charge is -2.35. The average Bonchev–Trinajstić information content (AvgIpc) is 2.22. The molecule has 0 bridgehead atoms. The molecule has 0 radical (unpaired) electrons. The largest absolute Gasteiger partial charge is 0.315 e. The van der Waals surface area contributed by atoms with Crippen LogP contribution >= 0.6 is 0 Å². The summed E-state index contributed by atoms with van der Waals surface area (Å²) in [6.07, 6.45) is 7.05. The molecule has 0 aromatic carbocycles. The van der Waals surface area contributed by atoms with Gasteiger partial charge in [0.1, 0.15) is 0 Å². The summed E-state index contributed by atoms with van der Waals surface area (Å²) in [5, 5.41) is 3.50. The highest BCUT2D eigenvalue weighted by molar-refractivity contribution is 4.76. The smallest absolute Gasteiger partial charge is 0.00674 e. The van der Waals surface area contributed by atoms with Crippen molar-refractivity contribution in [3.8, 4) is 0 Å². The summed E-state index contributed by atoms with van der Waals surface area (Å²) in [4.78, 5) is 2.68. The highest BCUT2D eigenvalue weighted by atomic mass is 15.1. The molecular weight excluding hydrogens is 208 g/mol.